The molecule has 2 aromatic heterocycles. The molecule has 8 heteroatoms. The third-order valence-corrected chi connectivity index (χ3v) is 6.44. The number of H-pyrrole nitrogens is 2. The molecular formula is C29H30N4O4. The number of aromatic nitrogens is 2. The zero-order valence-corrected chi connectivity index (χ0v) is 21.1. The maximum atomic E-state index is 13.3. The fraction of sp³-hybridized carbons (Fsp3) is 0.310. The second kappa shape index (κ2) is 11.1. The Hall–Kier alpha value is -4.38. The van der Waals surface area contributed by atoms with Gasteiger partial charge in [0.05, 0.1) is 18.9 Å². The van der Waals surface area contributed by atoms with Gasteiger partial charge in [-0.25, -0.2) is 0 Å². The Morgan fingerprint density at radius 1 is 1.03 bits per heavy atom. The van der Waals surface area contributed by atoms with Crippen molar-refractivity contribution in [2.75, 3.05) is 7.11 Å². The number of amides is 1. The monoisotopic (exact) mass is 498 g/mol. The third kappa shape index (κ3) is 5.89. The van der Waals surface area contributed by atoms with E-state index in [1.807, 2.05) is 50.2 Å². The van der Waals surface area contributed by atoms with Gasteiger partial charge in [-0.1, -0.05) is 38.1 Å². The molecule has 0 aliphatic rings. The molecule has 2 atom stereocenters. The van der Waals surface area contributed by atoms with Crippen molar-refractivity contribution in [2.45, 2.75) is 39.2 Å². The van der Waals surface area contributed by atoms with E-state index < -0.39 is 12.0 Å². The maximum absolute atomic E-state index is 13.3. The van der Waals surface area contributed by atoms with E-state index >= 15 is 0 Å². The van der Waals surface area contributed by atoms with E-state index in [-0.39, 0.29) is 36.0 Å². The highest BCUT2D eigenvalue weighted by Gasteiger charge is 2.27. The van der Waals surface area contributed by atoms with Gasteiger partial charge in [0.1, 0.15) is 11.8 Å². The van der Waals surface area contributed by atoms with Gasteiger partial charge in [-0.2, -0.15) is 5.26 Å². The van der Waals surface area contributed by atoms with Crippen molar-refractivity contribution in [2.24, 2.45) is 11.8 Å². The summed E-state index contributed by atoms with van der Waals surface area (Å²) >= 11 is 0. The van der Waals surface area contributed by atoms with Gasteiger partial charge in [-0.15, -0.1) is 0 Å². The van der Waals surface area contributed by atoms with Crippen LogP contribution >= 0.6 is 0 Å². The van der Waals surface area contributed by atoms with Crippen LogP contribution in [0.25, 0.3) is 21.8 Å². The number of para-hydroxylation sites is 1. The highest BCUT2D eigenvalue weighted by molar-refractivity contribution is 6.02. The van der Waals surface area contributed by atoms with Crippen molar-refractivity contribution in [1.82, 2.24) is 15.3 Å². The average Bonchev–Trinajstić information content (AvgIpc) is 3.32. The quantitative estimate of drug-likeness (QED) is 0.277. The second-order valence-corrected chi connectivity index (χ2v) is 9.66. The number of hydrogen-bond donors (Lipinski definition) is 3. The van der Waals surface area contributed by atoms with Gasteiger partial charge in [0, 0.05) is 46.6 Å². The average molecular weight is 499 g/mol. The van der Waals surface area contributed by atoms with Gasteiger partial charge in [0.2, 0.25) is 11.5 Å². The summed E-state index contributed by atoms with van der Waals surface area (Å²) in [4.78, 5) is 44.5. The van der Waals surface area contributed by atoms with Crippen LogP contribution in [0.4, 0.5) is 0 Å². The summed E-state index contributed by atoms with van der Waals surface area (Å²) in [6.07, 6.45) is 0.676. The van der Waals surface area contributed by atoms with Crippen molar-refractivity contribution in [1.29, 1.82) is 5.26 Å². The molecule has 1 amide bonds. The number of carbonyl (C=O) groups is 2. The number of nitrogens with one attached hydrogen (secondary N) is 3. The van der Waals surface area contributed by atoms with Crippen LogP contribution in [-0.4, -0.2) is 34.8 Å². The summed E-state index contributed by atoms with van der Waals surface area (Å²) in [7, 11) is 1.58. The number of ketones is 1. The minimum atomic E-state index is -0.847. The lowest BCUT2D eigenvalue weighted by molar-refractivity contribution is -0.125. The van der Waals surface area contributed by atoms with Crippen molar-refractivity contribution >= 4 is 33.5 Å². The lowest BCUT2D eigenvalue weighted by Crippen LogP contribution is -2.40. The van der Waals surface area contributed by atoms with Gasteiger partial charge in [0.25, 0.3) is 0 Å². The molecule has 0 fully saturated rings. The van der Waals surface area contributed by atoms with E-state index in [1.54, 1.807) is 19.2 Å². The number of hydrogen-bond acceptors (Lipinski definition) is 5. The van der Waals surface area contributed by atoms with E-state index in [0.29, 0.717) is 28.9 Å². The Kier molecular flexibility index (Phi) is 7.73. The lowest BCUT2D eigenvalue weighted by Gasteiger charge is -2.20. The number of carbonyl (C=O) groups excluding carboxylic acids is 2. The second-order valence-electron chi connectivity index (χ2n) is 9.66. The SMILES string of the molecule is COc1cccc2[nH]c(C(=O)CC(CC(C)C)C(=O)NC(C#N)Cc3cc(=O)[nH]c4ccccc34)cc12. The van der Waals surface area contributed by atoms with Crippen LogP contribution in [0.1, 0.15) is 42.7 Å². The predicted molar refractivity (Wildman–Crippen MR) is 143 cm³/mol. The van der Waals surface area contributed by atoms with Crippen LogP contribution in [0.2, 0.25) is 0 Å². The molecule has 2 heterocycles. The summed E-state index contributed by atoms with van der Waals surface area (Å²) in [5, 5.41) is 14.2. The van der Waals surface area contributed by atoms with E-state index in [1.165, 1.54) is 6.07 Å². The Morgan fingerprint density at radius 3 is 2.49 bits per heavy atom. The number of methoxy groups -OCH3 is 1. The van der Waals surface area contributed by atoms with E-state index in [9.17, 15) is 19.6 Å². The molecule has 4 aromatic rings. The molecule has 190 valence electrons. The first-order valence-electron chi connectivity index (χ1n) is 12.3. The van der Waals surface area contributed by atoms with Crippen LogP contribution < -0.4 is 15.6 Å². The van der Waals surface area contributed by atoms with Crippen molar-refractivity contribution in [3.05, 3.63) is 76.2 Å². The fourth-order valence-corrected chi connectivity index (χ4v) is 4.73. The molecule has 0 bridgehead atoms. The third-order valence-electron chi connectivity index (χ3n) is 6.44. The molecule has 4 rings (SSSR count). The summed E-state index contributed by atoms with van der Waals surface area (Å²) in [5.74, 6) is -0.311. The molecule has 2 aromatic carbocycles. The number of rotatable bonds is 10. The van der Waals surface area contributed by atoms with Gasteiger partial charge >= 0.3 is 0 Å². The van der Waals surface area contributed by atoms with E-state index in [4.69, 9.17) is 4.74 Å². The highest BCUT2D eigenvalue weighted by atomic mass is 16.5. The van der Waals surface area contributed by atoms with Gasteiger partial charge in [-0.05, 0) is 42.2 Å². The highest BCUT2D eigenvalue weighted by Crippen LogP contribution is 2.27. The lowest BCUT2D eigenvalue weighted by atomic mass is 9.90. The van der Waals surface area contributed by atoms with Crippen LogP contribution in [0, 0.1) is 23.2 Å². The zero-order chi connectivity index (χ0) is 26.5. The fourth-order valence-electron chi connectivity index (χ4n) is 4.73. The molecule has 0 spiro atoms. The normalized spacial score (nSPS) is 12.8. The first kappa shape index (κ1) is 25.7. The first-order chi connectivity index (χ1) is 17.8. The molecule has 0 saturated heterocycles. The topological polar surface area (TPSA) is 128 Å². The minimum absolute atomic E-state index is 0.00519. The van der Waals surface area contributed by atoms with Gasteiger partial charge < -0.3 is 20.0 Å². The van der Waals surface area contributed by atoms with Crippen molar-refractivity contribution < 1.29 is 14.3 Å². The number of benzene rings is 2. The minimum Gasteiger partial charge on any atom is -0.496 e. The molecule has 0 aliphatic heterocycles. The number of Topliss-reactive ketones (excluding diaryl/α,β-unsaturated/α-hetero) is 1. The molecular weight excluding hydrogens is 468 g/mol. The zero-order valence-electron chi connectivity index (χ0n) is 21.1. The first-order valence-corrected chi connectivity index (χ1v) is 12.3. The summed E-state index contributed by atoms with van der Waals surface area (Å²) in [5.41, 5.74) is 2.27. The maximum Gasteiger partial charge on any atom is 0.248 e. The van der Waals surface area contributed by atoms with Crippen molar-refractivity contribution in [3.8, 4) is 11.8 Å². The van der Waals surface area contributed by atoms with E-state index in [0.717, 1.165) is 16.3 Å². The van der Waals surface area contributed by atoms with Gasteiger partial charge in [0.15, 0.2) is 5.78 Å². The van der Waals surface area contributed by atoms with Crippen molar-refractivity contribution in [3.63, 3.8) is 0 Å². The van der Waals surface area contributed by atoms with Crippen LogP contribution in [-0.2, 0) is 11.2 Å². The molecule has 0 saturated carbocycles. The van der Waals surface area contributed by atoms with Crippen LogP contribution in [0.3, 0.4) is 0 Å². The number of nitrogens with zero attached hydrogens (tertiary/aromatic N) is 1. The summed E-state index contributed by atoms with van der Waals surface area (Å²) < 4.78 is 5.38. The number of aromatic amines is 2. The van der Waals surface area contributed by atoms with Crippen LogP contribution in [0.5, 0.6) is 5.75 Å². The number of ether oxygens (including phenoxy) is 1. The Bertz CT molecular complexity index is 1540. The number of pyridine rings is 1. The molecule has 2 unspecified atom stereocenters. The molecule has 8 nitrogen and oxygen atoms in total. The predicted octanol–water partition coefficient (Wildman–Crippen LogP) is 4.50. The molecule has 3 N–H and O–H groups in total. The molecule has 37 heavy (non-hydrogen) atoms. The number of fused-ring (bicyclic) bond motifs is 2. The Balaban J connectivity index is 1.52. The van der Waals surface area contributed by atoms with E-state index in [2.05, 4.69) is 21.4 Å². The largest absolute Gasteiger partial charge is 0.496 e. The summed E-state index contributed by atoms with van der Waals surface area (Å²) in [6.45, 7) is 3.98. The summed E-state index contributed by atoms with van der Waals surface area (Å²) in [6, 6.07) is 17.4. The smallest absolute Gasteiger partial charge is 0.248 e. The molecule has 0 radical (unpaired) electrons. The van der Waals surface area contributed by atoms with Crippen LogP contribution in [0.15, 0.2) is 59.4 Å². The Labute approximate surface area is 214 Å². The standard InChI is InChI=1S/C29H30N4O4/c1-17(2)11-19(13-26(34)25-15-22-24(32-25)9-6-10-27(22)37-3)29(36)31-20(16-30)12-18-14-28(35)33-23-8-5-4-7-21(18)23/h4-10,14-15,17,19-20,32H,11-13H2,1-3H3,(H,31,36)(H,33,35). The molecule has 0 aliphatic carbocycles. The van der Waals surface area contributed by atoms with Gasteiger partial charge in [-0.3, -0.25) is 14.4 Å². The number of nitriles is 1. The Morgan fingerprint density at radius 2 is 1.76 bits per heavy atom.